The van der Waals surface area contributed by atoms with Crippen molar-refractivity contribution >= 4 is 11.7 Å². The Balaban J connectivity index is 1.21. The summed E-state index contributed by atoms with van der Waals surface area (Å²) < 4.78 is 53.1. The second kappa shape index (κ2) is 9.88. The third-order valence-electron chi connectivity index (χ3n) is 8.92. The number of nitrogens with one attached hydrogen (secondary N) is 1. The van der Waals surface area contributed by atoms with E-state index >= 15 is 0 Å². The fourth-order valence-electron chi connectivity index (χ4n) is 6.51. The Labute approximate surface area is 204 Å². The van der Waals surface area contributed by atoms with Gasteiger partial charge in [0.2, 0.25) is 0 Å². The van der Waals surface area contributed by atoms with E-state index < -0.39 is 23.6 Å². The molecule has 5 nitrogen and oxygen atoms in total. The Morgan fingerprint density at radius 2 is 1.80 bits per heavy atom. The van der Waals surface area contributed by atoms with Crippen LogP contribution in [0.2, 0.25) is 0 Å². The molecule has 4 aliphatic rings. The van der Waals surface area contributed by atoms with Gasteiger partial charge in [0.05, 0.1) is 5.56 Å². The maximum Gasteiger partial charge on any atom is 0.419 e. The van der Waals surface area contributed by atoms with Crippen LogP contribution in [0.15, 0.2) is 18.2 Å². The topological polar surface area (TPSA) is 38.8 Å². The summed E-state index contributed by atoms with van der Waals surface area (Å²) in [5.74, 6) is 1.23. The van der Waals surface area contributed by atoms with Crippen LogP contribution in [0.1, 0.15) is 44.6 Å². The molecule has 194 valence electrons. The molecule has 9 heteroatoms. The minimum Gasteiger partial charge on any atom is -0.320 e. The van der Waals surface area contributed by atoms with Crippen LogP contribution in [0.25, 0.3) is 0 Å². The molecule has 3 saturated carbocycles. The Morgan fingerprint density at radius 1 is 1.09 bits per heavy atom. The number of urea groups is 1. The van der Waals surface area contributed by atoms with Crippen LogP contribution >= 0.6 is 0 Å². The van der Waals surface area contributed by atoms with E-state index in [1.807, 2.05) is 4.90 Å². The lowest BCUT2D eigenvalue weighted by Gasteiger charge is -2.39. The van der Waals surface area contributed by atoms with Crippen LogP contribution in [-0.2, 0) is 6.18 Å². The molecule has 4 fully saturated rings. The van der Waals surface area contributed by atoms with Gasteiger partial charge in [0, 0.05) is 57.5 Å². The number of anilines is 1. The molecule has 4 unspecified atom stereocenters. The van der Waals surface area contributed by atoms with E-state index in [1.165, 1.54) is 31.9 Å². The number of benzene rings is 1. The minimum atomic E-state index is -4.81. The number of rotatable bonds is 7. The number of nitrogens with zero attached hydrogens (tertiary/aromatic N) is 3. The summed E-state index contributed by atoms with van der Waals surface area (Å²) in [5, 5.41) is 2.64. The smallest absolute Gasteiger partial charge is 0.320 e. The van der Waals surface area contributed by atoms with Gasteiger partial charge in [-0.25, -0.2) is 9.18 Å². The quantitative estimate of drug-likeness (QED) is 0.532. The van der Waals surface area contributed by atoms with Crippen LogP contribution in [0.4, 0.5) is 28.0 Å². The zero-order chi connectivity index (χ0) is 24.7. The van der Waals surface area contributed by atoms with E-state index in [-0.39, 0.29) is 11.7 Å². The van der Waals surface area contributed by atoms with Crippen molar-refractivity contribution in [2.24, 2.45) is 23.7 Å². The van der Waals surface area contributed by atoms with Crippen LogP contribution in [0.5, 0.6) is 0 Å². The molecule has 1 aromatic rings. The molecule has 0 spiro atoms. The standard InChI is InChI=1S/C26H36F4N4O/c1-17-20-6-8-23(24(17)20)34(14-13-32-9-11-33(12-10-32)16-18-3-2-4-18)25(35)31-19-5-7-22(27)21(15-19)26(28,29)30/h5,7,15,17-18,20,23-24H,2-4,6,8-14,16H2,1H3,(H,31,35). The van der Waals surface area contributed by atoms with E-state index in [2.05, 4.69) is 22.0 Å². The van der Waals surface area contributed by atoms with E-state index in [1.54, 1.807) is 0 Å². The zero-order valence-electron chi connectivity index (χ0n) is 20.4. The van der Waals surface area contributed by atoms with E-state index in [0.29, 0.717) is 30.4 Å². The summed E-state index contributed by atoms with van der Waals surface area (Å²) in [6, 6.07) is 2.36. The highest BCUT2D eigenvalue weighted by atomic mass is 19.4. The van der Waals surface area contributed by atoms with E-state index in [9.17, 15) is 22.4 Å². The number of hydrogen-bond donors (Lipinski definition) is 1. The van der Waals surface area contributed by atoms with Crippen molar-refractivity contribution < 1.29 is 22.4 Å². The summed E-state index contributed by atoms with van der Waals surface area (Å²) in [6.45, 7) is 8.75. The molecule has 5 rings (SSSR count). The molecule has 1 aliphatic heterocycles. The number of carbonyl (C=O) groups excluding carboxylic acids is 1. The molecule has 4 atom stereocenters. The minimum absolute atomic E-state index is 0.0308. The van der Waals surface area contributed by atoms with Crippen molar-refractivity contribution in [3.8, 4) is 0 Å². The highest BCUT2D eigenvalue weighted by Gasteiger charge is 2.57. The average Bonchev–Trinajstić information content (AvgIpc) is 3.21. The molecule has 0 radical (unpaired) electrons. The first-order chi connectivity index (χ1) is 16.7. The van der Waals surface area contributed by atoms with Gasteiger partial charge in [0.15, 0.2) is 0 Å². The molecule has 1 heterocycles. The van der Waals surface area contributed by atoms with Crippen LogP contribution < -0.4 is 5.32 Å². The molecule has 35 heavy (non-hydrogen) atoms. The Hall–Kier alpha value is -1.87. The predicted octanol–water partition coefficient (Wildman–Crippen LogP) is 5.14. The molecule has 2 amide bonds. The Morgan fingerprint density at radius 3 is 2.40 bits per heavy atom. The van der Waals surface area contributed by atoms with Gasteiger partial charge in [0.25, 0.3) is 0 Å². The molecule has 1 N–H and O–H groups in total. The molecular formula is C26H36F4N4O. The summed E-state index contributed by atoms with van der Waals surface area (Å²) in [5.41, 5.74) is -1.39. The summed E-state index contributed by atoms with van der Waals surface area (Å²) in [6.07, 6.45) is 1.27. The number of halogens is 4. The van der Waals surface area contributed by atoms with Crippen LogP contribution in [0.3, 0.4) is 0 Å². The third-order valence-corrected chi connectivity index (χ3v) is 8.92. The first-order valence-corrected chi connectivity index (χ1v) is 13.1. The van der Waals surface area contributed by atoms with Crippen molar-refractivity contribution in [1.29, 1.82) is 0 Å². The van der Waals surface area contributed by atoms with Gasteiger partial charge in [0.1, 0.15) is 5.82 Å². The first kappa shape index (κ1) is 24.8. The van der Waals surface area contributed by atoms with Crippen LogP contribution in [0, 0.1) is 29.5 Å². The van der Waals surface area contributed by atoms with Gasteiger partial charge in [-0.1, -0.05) is 13.3 Å². The van der Waals surface area contributed by atoms with E-state index in [4.69, 9.17) is 0 Å². The fourth-order valence-corrected chi connectivity index (χ4v) is 6.51. The molecule has 1 saturated heterocycles. The Kier molecular flexibility index (Phi) is 7.00. The van der Waals surface area contributed by atoms with Crippen molar-refractivity contribution in [1.82, 2.24) is 14.7 Å². The monoisotopic (exact) mass is 496 g/mol. The lowest BCUT2D eigenvalue weighted by atomic mass is 9.85. The molecule has 1 aromatic carbocycles. The maximum atomic E-state index is 13.7. The summed E-state index contributed by atoms with van der Waals surface area (Å²) in [4.78, 5) is 20.1. The van der Waals surface area contributed by atoms with Gasteiger partial charge in [-0.15, -0.1) is 0 Å². The fraction of sp³-hybridized carbons (Fsp3) is 0.731. The van der Waals surface area contributed by atoms with Crippen molar-refractivity contribution in [3.63, 3.8) is 0 Å². The number of amides is 2. The lowest BCUT2D eigenvalue weighted by Crippen LogP contribution is -2.52. The number of alkyl halides is 3. The second-order valence-electron chi connectivity index (χ2n) is 11.0. The first-order valence-electron chi connectivity index (χ1n) is 13.1. The molecular weight excluding hydrogens is 460 g/mol. The highest BCUT2D eigenvalue weighted by Crippen LogP contribution is 2.58. The Bertz CT molecular complexity index is 913. The van der Waals surface area contributed by atoms with E-state index in [0.717, 1.165) is 57.5 Å². The van der Waals surface area contributed by atoms with Gasteiger partial charge in [-0.05, 0) is 67.6 Å². The maximum absolute atomic E-state index is 13.7. The second-order valence-corrected chi connectivity index (χ2v) is 11.0. The zero-order valence-corrected chi connectivity index (χ0v) is 20.4. The lowest BCUT2D eigenvalue weighted by molar-refractivity contribution is -0.139. The largest absolute Gasteiger partial charge is 0.419 e. The summed E-state index contributed by atoms with van der Waals surface area (Å²) in [7, 11) is 0. The summed E-state index contributed by atoms with van der Waals surface area (Å²) >= 11 is 0. The molecule has 0 bridgehead atoms. The number of piperazine rings is 1. The number of carbonyl (C=O) groups is 1. The van der Waals surface area contributed by atoms with Gasteiger partial charge >= 0.3 is 12.2 Å². The molecule has 0 aromatic heterocycles. The van der Waals surface area contributed by atoms with Gasteiger partial charge < -0.3 is 15.1 Å². The average molecular weight is 497 g/mol. The highest BCUT2D eigenvalue weighted by molar-refractivity contribution is 5.89. The third kappa shape index (κ3) is 5.45. The normalized spacial score (nSPS) is 29.5. The number of fused-ring (bicyclic) bond motifs is 1. The predicted molar refractivity (Wildman–Crippen MR) is 127 cm³/mol. The van der Waals surface area contributed by atoms with Crippen molar-refractivity contribution in [2.45, 2.75) is 51.2 Å². The number of hydrogen-bond acceptors (Lipinski definition) is 3. The van der Waals surface area contributed by atoms with Gasteiger partial charge in [-0.3, -0.25) is 4.90 Å². The van der Waals surface area contributed by atoms with Crippen molar-refractivity contribution in [3.05, 3.63) is 29.6 Å². The SMILES string of the molecule is CC1C2CCC(N(CCN3CCN(CC4CCC4)CC3)C(=O)Nc3ccc(F)c(C(F)(F)F)c3)C12. The van der Waals surface area contributed by atoms with Gasteiger partial charge in [-0.2, -0.15) is 13.2 Å². The molecule has 3 aliphatic carbocycles. The van der Waals surface area contributed by atoms with Crippen LogP contribution in [-0.4, -0.2) is 72.6 Å². The van der Waals surface area contributed by atoms with Crippen molar-refractivity contribution in [2.75, 3.05) is 51.1 Å².